The van der Waals surface area contributed by atoms with E-state index in [0.29, 0.717) is 11.3 Å². The summed E-state index contributed by atoms with van der Waals surface area (Å²) in [5, 5.41) is 17.7. The Morgan fingerprint density at radius 1 is 1.26 bits per heavy atom. The lowest BCUT2D eigenvalue weighted by Crippen LogP contribution is -2.40. The summed E-state index contributed by atoms with van der Waals surface area (Å²) in [6, 6.07) is 3.02. The van der Waals surface area contributed by atoms with E-state index in [2.05, 4.69) is 10.4 Å². The minimum atomic E-state index is -1.13. The van der Waals surface area contributed by atoms with E-state index >= 15 is 0 Å². The van der Waals surface area contributed by atoms with Crippen molar-refractivity contribution in [3.05, 3.63) is 51.0 Å². The summed E-state index contributed by atoms with van der Waals surface area (Å²) in [6.07, 6.45) is -1.22. The van der Waals surface area contributed by atoms with E-state index in [1.54, 1.807) is 27.7 Å². The number of benzene rings is 1. The Morgan fingerprint density at radius 3 is 2.59 bits per heavy atom. The molecule has 0 bridgehead atoms. The van der Waals surface area contributed by atoms with Gasteiger partial charge in [-0.1, -0.05) is 6.07 Å². The second kappa shape index (κ2) is 9.45. The molecule has 3 rings (SSSR count). The van der Waals surface area contributed by atoms with Gasteiger partial charge in [0.15, 0.2) is 11.4 Å². The molecule has 1 aromatic heterocycles. The van der Waals surface area contributed by atoms with E-state index in [1.807, 2.05) is 0 Å². The number of rotatable bonds is 4. The van der Waals surface area contributed by atoms with Gasteiger partial charge in [-0.25, -0.2) is 14.0 Å². The molecule has 0 spiro atoms. The minimum Gasteiger partial charge on any atom is -0.448 e. The summed E-state index contributed by atoms with van der Waals surface area (Å²) in [5.41, 5.74) is -1.57. The number of ether oxygens (including phenoxy) is 2. The number of hydrogen-bond acceptors (Lipinski definition) is 8. The van der Waals surface area contributed by atoms with Gasteiger partial charge >= 0.3 is 12.2 Å². The Labute approximate surface area is 193 Å². The number of fused-ring (bicyclic) bond motifs is 1. The third kappa shape index (κ3) is 5.13. The van der Waals surface area contributed by atoms with Crippen molar-refractivity contribution >= 4 is 29.6 Å². The molecule has 0 atom stereocenters. The maximum Gasteiger partial charge on any atom is 0.434 e. The summed E-state index contributed by atoms with van der Waals surface area (Å²) in [4.78, 5) is 49.6. The summed E-state index contributed by atoms with van der Waals surface area (Å²) in [5.74, 6) is -2.38. The normalized spacial score (nSPS) is 13.1. The number of nitro groups is 1. The molecule has 12 nitrogen and oxygen atoms in total. The first-order valence-electron chi connectivity index (χ1n) is 10.4. The molecule has 0 saturated carbocycles. The van der Waals surface area contributed by atoms with Gasteiger partial charge in [-0.15, -0.1) is 5.10 Å². The van der Waals surface area contributed by atoms with Gasteiger partial charge in [-0.3, -0.25) is 14.9 Å². The summed E-state index contributed by atoms with van der Waals surface area (Å²) in [6.45, 7) is 6.96. The zero-order chi connectivity index (χ0) is 25.2. The van der Waals surface area contributed by atoms with E-state index in [4.69, 9.17) is 9.47 Å². The van der Waals surface area contributed by atoms with Gasteiger partial charge < -0.3 is 19.7 Å². The predicted molar refractivity (Wildman–Crippen MR) is 116 cm³/mol. The highest BCUT2D eigenvalue weighted by Gasteiger charge is 2.34. The Kier molecular flexibility index (Phi) is 6.84. The van der Waals surface area contributed by atoms with Crippen molar-refractivity contribution in [2.75, 3.05) is 18.5 Å². The van der Waals surface area contributed by atoms with Gasteiger partial charge in [0.25, 0.3) is 11.6 Å². The molecule has 0 aliphatic carbocycles. The number of nitrogens with zero attached hydrogens (tertiary/aromatic N) is 4. The Balaban J connectivity index is 1.99. The summed E-state index contributed by atoms with van der Waals surface area (Å²) < 4.78 is 25.7. The standard InChI is InChI=1S/C21H24FN5O7/c1-5-33-20(30)26-14-9-10-25(19(29)34-21(2,3)4)11-12(14)17(24-26)23-18(28)16-13(22)7-6-8-15(16)27(31)32/h6-8H,5,9-11H2,1-4H3,(H,23,24,28). The van der Waals surface area contributed by atoms with Gasteiger partial charge in [-0.05, 0) is 33.8 Å². The highest BCUT2D eigenvalue weighted by Crippen LogP contribution is 2.29. The topological polar surface area (TPSA) is 146 Å². The summed E-state index contributed by atoms with van der Waals surface area (Å²) in [7, 11) is 0. The van der Waals surface area contributed by atoms with Crippen molar-refractivity contribution in [2.24, 2.45) is 0 Å². The first kappa shape index (κ1) is 24.6. The van der Waals surface area contributed by atoms with Crippen molar-refractivity contribution in [1.82, 2.24) is 14.7 Å². The van der Waals surface area contributed by atoms with Crippen LogP contribution in [0.4, 0.5) is 25.5 Å². The van der Waals surface area contributed by atoms with Gasteiger partial charge in [0.05, 0.1) is 23.8 Å². The molecule has 0 saturated heterocycles. The lowest BCUT2D eigenvalue weighted by atomic mass is 10.1. The molecule has 1 aliphatic heterocycles. The van der Waals surface area contributed by atoms with E-state index < -0.39 is 45.7 Å². The van der Waals surface area contributed by atoms with Gasteiger partial charge in [0, 0.05) is 24.6 Å². The van der Waals surface area contributed by atoms with Gasteiger partial charge in [-0.2, -0.15) is 4.68 Å². The molecule has 182 valence electrons. The molecule has 0 radical (unpaired) electrons. The number of carbonyl (C=O) groups excluding carboxylic acids is 3. The number of hydrogen-bond donors (Lipinski definition) is 1. The molecule has 2 heterocycles. The first-order valence-corrected chi connectivity index (χ1v) is 10.4. The fourth-order valence-electron chi connectivity index (χ4n) is 3.40. The molecule has 1 N–H and O–H groups in total. The molecule has 1 aliphatic rings. The molecular formula is C21H24FN5O7. The Hall–Kier alpha value is -4.03. The zero-order valence-electron chi connectivity index (χ0n) is 19.1. The SMILES string of the molecule is CCOC(=O)n1nc(NC(=O)c2c(F)cccc2[N+](=O)[O-])c2c1CCN(C(=O)OC(C)(C)C)C2. The number of halogens is 1. The van der Waals surface area contributed by atoms with Crippen molar-refractivity contribution < 1.29 is 33.2 Å². The monoisotopic (exact) mass is 477 g/mol. The molecule has 2 aromatic rings. The average molecular weight is 477 g/mol. The van der Waals surface area contributed by atoms with Crippen LogP contribution in [0.2, 0.25) is 0 Å². The van der Waals surface area contributed by atoms with Crippen molar-refractivity contribution in [3.63, 3.8) is 0 Å². The number of nitro benzene ring substituents is 1. The second-order valence-electron chi connectivity index (χ2n) is 8.38. The fraction of sp³-hybridized carbons (Fsp3) is 0.429. The minimum absolute atomic E-state index is 0.0701. The van der Waals surface area contributed by atoms with E-state index in [1.165, 1.54) is 4.90 Å². The van der Waals surface area contributed by atoms with Crippen LogP contribution in [-0.2, 0) is 22.4 Å². The number of aromatic nitrogens is 2. The Bertz CT molecular complexity index is 1160. The van der Waals surface area contributed by atoms with E-state index in [9.17, 15) is 28.9 Å². The molecule has 2 amide bonds. The number of anilines is 1. The van der Waals surface area contributed by atoms with Crippen LogP contribution >= 0.6 is 0 Å². The Morgan fingerprint density at radius 2 is 1.97 bits per heavy atom. The number of amides is 2. The maximum absolute atomic E-state index is 14.3. The van der Waals surface area contributed by atoms with Crippen LogP contribution in [0.15, 0.2) is 18.2 Å². The highest BCUT2D eigenvalue weighted by molar-refractivity contribution is 6.07. The van der Waals surface area contributed by atoms with Gasteiger partial charge in [0.2, 0.25) is 0 Å². The number of carbonyl (C=O) groups is 3. The van der Waals surface area contributed by atoms with Crippen LogP contribution in [-0.4, -0.2) is 56.5 Å². The largest absolute Gasteiger partial charge is 0.448 e. The fourth-order valence-corrected chi connectivity index (χ4v) is 3.40. The summed E-state index contributed by atoms with van der Waals surface area (Å²) >= 11 is 0. The van der Waals surface area contributed by atoms with Crippen LogP contribution in [0, 0.1) is 15.9 Å². The molecule has 1 aromatic carbocycles. The number of nitrogens with one attached hydrogen (secondary N) is 1. The smallest absolute Gasteiger partial charge is 0.434 e. The molecule has 0 unspecified atom stereocenters. The van der Waals surface area contributed by atoms with Crippen LogP contribution in [0.25, 0.3) is 0 Å². The van der Waals surface area contributed by atoms with E-state index in [-0.39, 0.29) is 31.9 Å². The molecule has 34 heavy (non-hydrogen) atoms. The third-order valence-electron chi connectivity index (χ3n) is 4.80. The molecule has 0 fully saturated rings. The lowest BCUT2D eigenvalue weighted by Gasteiger charge is -2.30. The maximum atomic E-state index is 14.3. The zero-order valence-corrected chi connectivity index (χ0v) is 19.1. The van der Waals surface area contributed by atoms with Gasteiger partial charge in [0.1, 0.15) is 11.4 Å². The quantitative estimate of drug-likeness (QED) is 0.520. The molecular weight excluding hydrogens is 453 g/mol. The van der Waals surface area contributed by atoms with Crippen LogP contribution in [0.3, 0.4) is 0 Å². The lowest BCUT2D eigenvalue weighted by molar-refractivity contribution is -0.385. The highest BCUT2D eigenvalue weighted by atomic mass is 19.1. The van der Waals surface area contributed by atoms with Crippen LogP contribution < -0.4 is 5.32 Å². The third-order valence-corrected chi connectivity index (χ3v) is 4.80. The average Bonchev–Trinajstić information content (AvgIpc) is 3.10. The van der Waals surface area contributed by atoms with E-state index in [0.717, 1.165) is 22.9 Å². The predicted octanol–water partition coefficient (Wildman–Crippen LogP) is 3.48. The molecule has 13 heteroatoms. The van der Waals surface area contributed by atoms with Crippen molar-refractivity contribution in [1.29, 1.82) is 0 Å². The van der Waals surface area contributed by atoms with Crippen LogP contribution in [0.1, 0.15) is 49.3 Å². The van der Waals surface area contributed by atoms with Crippen molar-refractivity contribution in [2.45, 2.75) is 46.3 Å². The van der Waals surface area contributed by atoms with Crippen molar-refractivity contribution in [3.8, 4) is 0 Å². The second-order valence-corrected chi connectivity index (χ2v) is 8.38. The first-order chi connectivity index (χ1) is 15.9. The van der Waals surface area contributed by atoms with Crippen LogP contribution in [0.5, 0.6) is 0 Å².